The van der Waals surface area contributed by atoms with Crippen molar-refractivity contribution in [1.29, 1.82) is 0 Å². The Bertz CT molecular complexity index is 422. The molecule has 1 aliphatic carbocycles. The maximum Gasteiger partial charge on any atom is 0.0657 e. The van der Waals surface area contributed by atoms with Crippen LogP contribution in [0.2, 0.25) is 0 Å². The van der Waals surface area contributed by atoms with E-state index in [1.54, 1.807) is 0 Å². The summed E-state index contributed by atoms with van der Waals surface area (Å²) in [7, 11) is 0. The van der Waals surface area contributed by atoms with Gasteiger partial charge in [0.05, 0.1) is 11.7 Å². The minimum Gasteiger partial charge on any atom is -0.330 e. The molecule has 0 aromatic carbocycles. The van der Waals surface area contributed by atoms with Crippen molar-refractivity contribution in [3.05, 3.63) is 17.0 Å². The molecule has 0 radical (unpaired) electrons. The third kappa shape index (κ3) is 2.93. The zero-order valence-corrected chi connectivity index (χ0v) is 13.5. The predicted octanol–water partition coefficient (Wildman–Crippen LogP) is 3.65. The molecular weight excluding hydrogens is 246 g/mol. The first kappa shape index (κ1) is 15.6. The van der Waals surface area contributed by atoms with Gasteiger partial charge in [-0.2, -0.15) is 5.10 Å². The fraction of sp³-hybridized carbons (Fsp3) is 0.824. The SMILES string of the molecule is CCc1nn(C2CCCCC2CC)c(CC)c1CCN. The molecule has 1 aliphatic rings. The molecule has 3 heteroatoms. The molecule has 114 valence electrons. The quantitative estimate of drug-likeness (QED) is 0.862. The third-order valence-corrected chi connectivity index (χ3v) is 4.97. The molecule has 0 amide bonds. The van der Waals surface area contributed by atoms with Gasteiger partial charge in [0.2, 0.25) is 0 Å². The third-order valence-electron chi connectivity index (χ3n) is 4.97. The summed E-state index contributed by atoms with van der Waals surface area (Å²) in [4.78, 5) is 0. The first-order chi connectivity index (χ1) is 9.76. The van der Waals surface area contributed by atoms with Crippen molar-refractivity contribution >= 4 is 0 Å². The van der Waals surface area contributed by atoms with Crippen molar-refractivity contribution in [2.24, 2.45) is 11.7 Å². The van der Waals surface area contributed by atoms with E-state index in [0.717, 1.165) is 31.7 Å². The van der Waals surface area contributed by atoms with E-state index in [4.69, 9.17) is 10.8 Å². The van der Waals surface area contributed by atoms with Crippen LogP contribution in [-0.4, -0.2) is 16.3 Å². The molecule has 1 aromatic rings. The Morgan fingerprint density at radius 2 is 1.90 bits per heavy atom. The number of rotatable bonds is 6. The number of aromatic nitrogens is 2. The maximum atomic E-state index is 5.81. The van der Waals surface area contributed by atoms with Crippen LogP contribution in [0.4, 0.5) is 0 Å². The summed E-state index contributed by atoms with van der Waals surface area (Å²) in [6.07, 6.45) is 9.80. The first-order valence-electron chi connectivity index (χ1n) is 8.55. The summed E-state index contributed by atoms with van der Waals surface area (Å²) in [5, 5.41) is 5.00. The number of nitrogens with two attached hydrogens (primary N) is 1. The highest BCUT2D eigenvalue weighted by molar-refractivity contribution is 5.28. The molecular formula is C17H31N3. The summed E-state index contributed by atoms with van der Waals surface area (Å²) in [6, 6.07) is 0.625. The second kappa shape index (κ2) is 7.26. The average molecular weight is 277 g/mol. The normalized spacial score (nSPS) is 23.2. The summed E-state index contributed by atoms with van der Waals surface area (Å²) >= 11 is 0. The van der Waals surface area contributed by atoms with Gasteiger partial charge in [-0.15, -0.1) is 0 Å². The molecule has 0 bridgehead atoms. The Morgan fingerprint density at radius 3 is 2.50 bits per heavy atom. The first-order valence-corrected chi connectivity index (χ1v) is 8.55. The fourth-order valence-corrected chi connectivity index (χ4v) is 3.91. The Hall–Kier alpha value is -0.830. The van der Waals surface area contributed by atoms with Gasteiger partial charge in [0.25, 0.3) is 0 Å². The van der Waals surface area contributed by atoms with Crippen LogP contribution in [0.5, 0.6) is 0 Å². The molecule has 2 rings (SSSR count). The minimum atomic E-state index is 0.625. The van der Waals surface area contributed by atoms with E-state index in [1.165, 1.54) is 49.1 Å². The highest BCUT2D eigenvalue weighted by Crippen LogP contribution is 2.37. The van der Waals surface area contributed by atoms with E-state index in [9.17, 15) is 0 Å². The lowest BCUT2D eigenvalue weighted by molar-refractivity contribution is 0.213. The average Bonchev–Trinajstić information content (AvgIpc) is 2.85. The van der Waals surface area contributed by atoms with Crippen molar-refractivity contribution in [2.45, 2.75) is 78.2 Å². The zero-order chi connectivity index (χ0) is 14.5. The van der Waals surface area contributed by atoms with E-state index in [-0.39, 0.29) is 0 Å². The topological polar surface area (TPSA) is 43.8 Å². The molecule has 2 N–H and O–H groups in total. The Morgan fingerprint density at radius 1 is 1.15 bits per heavy atom. The summed E-state index contributed by atoms with van der Waals surface area (Å²) in [5.41, 5.74) is 10.00. The van der Waals surface area contributed by atoms with E-state index < -0.39 is 0 Å². The van der Waals surface area contributed by atoms with Gasteiger partial charge in [-0.05, 0) is 50.1 Å². The van der Waals surface area contributed by atoms with Crippen molar-refractivity contribution in [3.8, 4) is 0 Å². The van der Waals surface area contributed by atoms with Crippen molar-refractivity contribution in [2.75, 3.05) is 6.54 Å². The molecule has 0 saturated heterocycles. The lowest BCUT2D eigenvalue weighted by atomic mass is 9.83. The monoisotopic (exact) mass is 277 g/mol. The molecule has 0 spiro atoms. The number of nitrogens with zero attached hydrogens (tertiary/aromatic N) is 2. The Kier molecular flexibility index (Phi) is 5.64. The molecule has 1 saturated carbocycles. The lowest BCUT2D eigenvalue weighted by Crippen LogP contribution is -2.25. The highest BCUT2D eigenvalue weighted by Gasteiger charge is 2.28. The highest BCUT2D eigenvalue weighted by atomic mass is 15.3. The molecule has 2 unspecified atom stereocenters. The lowest BCUT2D eigenvalue weighted by Gasteiger charge is -2.32. The summed E-state index contributed by atoms with van der Waals surface area (Å²) < 4.78 is 2.40. The number of aryl methyl sites for hydroxylation is 1. The smallest absolute Gasteiger partial charge is 0.0657 e. The molecule has 0 aliphatic heterocycles. The molecule has 20 heavy (non-hydrogen) atoms. The largest absolute Gasteiger partial charge is 0.330 e. The van der Waals surface area contributed by atoms with Crippen LogP contribution in [0.25, 0.3) is 0 Å². The van der Waals surface area contributed by atoms with E-state index in [2.05, 4.69) is 25.5 Å². The van der Waals surface area contributed by atoms with Crippen LogP contribution in [-0.2, 0) is 19.3 Å². The molecule has 2 atom stereocenters. The van der Waals surface area contributed by atoms with Gasteiger partial charge >= 0.3 is 0 Å². The molecule has 1 aromatic heterocycles. The van der Waals surface area contributed by atoms with E-state index in [0.29, 0.717) is 6.04 Å². The van der Waals surface area contributed by atoms with Crippen LogP contribution in [0, 0.1) is 5.92 Å². The van der Waals surface area contributed by atoms with Gasteiger partial charge < -0.3 is 5.73 Å². The van der Waals surface area contributed by atoms with Crippen LogP contribution >= 0.6 is 0 Å². The Balaban J connectivity index is 2.38. The second-order valence-corrected chi connectivity index (χ2v) is 6.08. The maximum absolute atomic E-state index is 5.81. The van der Waals surface area contributed by atoms with Crippen molar-refractivity contribution in [1.82, 2.24) is 9.78 Å². The van der Waals surface area contributed by atoms with Crippen molar-refractivity contribution < 1.29 is 0 Å². The van der Waals surface area contributed by atoms with Crippen molar-refractivity contribution in [3.63, 3.8) is 0 Å². The summed E-state index contributed by atoms with van der Waals surface area (Å²) in [6.45, 7) is 7.54. The Labute approximate surface area is 123 Å². The van der Waals surface area contributed by atoms with Crippen LogP contribution in [0.1, 0.15) is 75.9 Å². The van der Waals surface area contributed by atoms with Gasteiger partial charge in [0, 0.05) is 5.69 Å². The number of hydrogen-bond donors (Lipinski definition) is 1. The molecule has 1 heterocycles. The van der Waals surface area contributed by atoms with Gasteiger partial charge in [0.1, 0.15) is 0 Å². The second-order valence-electron chi connectivity index (χ2n) is 6.08. The van der Waals surface area contributed by atoms with Crippen LogP contribution < -0.4 is 5.73 Å². The predicted molar refractivity (Wildman–Crippen MR) is 85.0 cm³/mol. The van der Waals surface area contributed by atoms with E-state index in [1.807, 2.05) is 0 Å². The van der Waals surface area contributed by atoms with Gasteiger partial charge in [0.15, 0.2) is 0 Å². The van der Waals surface area contributed by atoms with Gasteiger partial charge in [-0.1, -0.05) is 40.0 Å². The standard InChI is InChI=1S/C17H31N3/c1-4-13-9-7-8-10-17(13)20-16(6-3)14(11-12-18)15(5-2)19-20/h13,17H,4-12,18H2,1-3H3. The van der Waals surface area contributed by atoms with Gasteiger partial charge in [-0.25, -0.2) is 0 Å². The minimum absolute atomic E-state index is 0.625. The van der Waals surface area contributed by atoms with Crippen LogP contribution in [0.3, 0.4) is 0 Å². The summed E-state index contributed by atoms with van der Waals surface area (Å²) in [5.74, 6) is 0.810. The molecule has 3 nitrogen and oxygen atoms in total. The molecule has 1 fully saturated rings. The number of hydrogen-bond acceptors (Lipinski definition) is 2. The van der Waals surface area contributed by atoms with E-state index >= 15 is 0 Å². The zero-order valence-electron chi connectivity index (χ0n) is 13.5. The van der Waals surface area contributed by atoms with Gasteiger partial charge in [-0.3, -0.25) is 4.68 Å². The van der Waals surface area contributed by atoms with Crippen LogP contribution in [0.15, 0.2) is 0 Å². The fourth-order valence-electron chi connectivity index (χ4n) is 3.91.